The Hall–Kier alpha value is -3.38. The van der Waals surface area contributed by atoms with Gasteiger partial charge in [-0.2, -0.15) is 0 Å². The van der Waals surface area contributed by atoms with Crippen molar-refractivity contribution in [1.82, 2.24) is 9.80 Å². The number of carbonyl (C=O) groups excluding carboxylic acids is 2. The number of anilines is 1. The van der Waals surface area contributed by atoms with Gasteiger partial charge in [-0.15, -0.1) is 0 Å². The average Bonchev–Trinajstić information content (AvgIpc) is 3.49. The van der Waals surface area contributed by atoms with Crippen molar-refractivity contribution in [2.45, 2.75) is 183 Å². The maximum atomic E-state index is 13.5. The Kier molecular flexibility index (Phi) is 13.2. The molecule has 2 aromatic rings. The van der Waals surface area contributed by atoms with E-state index in [1.807, 2.05) is 13.0 Å². The van der Waals surface area contributed by atoms with Crippen molar-refractivity contribution in [1.29, 1.82) is 0 Å². The Morgan fingerprint density at radius 1 is 0.855 bits per heavy atom. The van der Waals surface area contributed by atoms with Crippen LogP contribution in [0.25, 0.3) is 0 Å². The second kappa shape index (κ2) is 18.0. The number of hydrogen-bond acceptors (Lipinski definition) is 14. The molecule has 1 spiro atoms. The van der Waals surface area contributed by atoms with Gasteiger partial charge in [0.25, 0.3) is 0 Å². The van der Waals surface area contributed by atoms with Crippen molar-refractivity contribution in [3.63, 3.8) is 0 Å². The highest BCUT2D eigenvalue weighted by atomic mass is 16.7. The van der Waals surface area contributed by atoms with Gasteiger partial charge in [0.2, 0.25) is 11.7 Å². The lowest BCUT2D eigenvalue weighted by atomic mass is 9.49. The van der Waals surface area contributed by atoms with Gasteiger partial charge in [0, 0.05) is 60.8 Å². The first-order valence-corrected chi connectivity index (χ1v) is 25.9. The minimum atomic E-state index is -2.10. The van der Waals surface area contributed by atoms with Gasteiger partial charge in [0.1, 0.15) is 22.4 Å². The zero-order valence-electron chi connectivity index (χ0n) is 42.1. The molecule has 8 fully saturated rings. The number of hydrogen-bond donors (Lipinski definition) is 7. The minimum absolute atomic E-state index is 0.0457. The van der Waals surface area contributed by atoms with Gasteiger partial charge < -0.3 is 54.9 Å². The highest BCUT2D eigenvalue weighted by molar-refractivity contribution is 5.96. The number of unbranched alkanes of at least 4 members (excludes halogenated alkanes) is 1. The molecule has 4 aliphatic heterocycles. The van der Waals surface area contributed by atoms with E-state index in [2.05, 4.69) is 54.9 Å². The summed E-state index contributed by atoms with van der Waals surface area (Å²) in [6.45, 7) is 15.0. The number of fused-ring (bicyclic) bond motifs is 5. The first-order chi connectivity index (χ1) is 32.6. The fraction of sp³-hybridized carbons (Fsp3) is 0.741. The Bertz CT molecular complexity index is 2260. The van der Waals surface area contributed by atoms with Crippen LogP contribution in [-0.4, -0.2) is 151 Å². The molecule has 10 rings (SSSR count). The number of para-hydroxylation sites is 1. The summed E-state index contributed by atoms with van der Waals surface area (Å²) in [5, 5.41) is 77.9. The molecule has 4 aliphatic carbocycles. The molecule has 8 aliphatic rings. The molecular formula is C54H79N3O12. The van der Waals surface area contributed by atoms with Gasteiger partial charge in [-0.3, -0.25) is 14.6 Å². The Morgan fingerprint density at radius 3 is 2.26 bits per heavy atom. The number of methoxy groups -OCH3 is 2. The third-order valence-corrected chi connectivity index (χ3v) is 19.4. The molecule has 4 bridgehead atoms. The van der Waals surface area contributed by atoms with Gasteiger partial charge in [0.05, 0.1) is 37.5 Å². The van der Waals surface area contributed by atoms with Gasteiger partial charge in [-0.1, -0.05) is 51.8 Å². The molecule has 1 unspecified atom stereocenters. The molecule has 69 heavy (non-hydrogen) atoms. The predicted molar refractivity (Wildman–Crippen MR) is 258 cm³/mol. The first-order valence-electron chi connectivity index (χ1n) is 25.9. The topological polar surface area (TPSA) is 211 Å². The van der Waals surface area contributed by atoms with E-state index < -0.39 is 81.2 Å². The summed E-state index contributed by atoms with van der Waals surface area (Å²) in [4.78, 5) is 30.7. The summed E-state index contributed by atoms with van der Waals surface area (Å²) in [6.07, 6.45) is 5.89. The van der Waals surface area contributed by atoms with Crippen molar-refractivity contribution < 1.29 is 59.2 Å². The summed E-state index contributed by atoms with van der Waals surface area (Å²) in [5.41, 5.74) is -6.17. The molecule has 382 valence electrons. The number of carbonyl (C=O) groups is 2. The van der Waals surface area contributed by atoms with Crippen LogP contribution in [0.2, 0.25) is 0 Å². The van der Waals surface area contributed by atoms with E-state index in [1.165, 1.54) is 39.5 Å². The van der Waals surface area contributed by atoms with Crippen LogP contribution in [0.15, 0.2) is 36.4 Å². The van der Waals surface area contributed by atoms with Crippen molar-refractivity contribution in [2.75, 3.05) is 45.7 Å². The Morgan fingerprint density at radius 2 is 1.57 bits per heavy atom. The van der Waals surface area contributed by atoms with Gasteiger partial charge in [0.15, 0.2) is 17.6 Å². The Balaban J connectivity index is 0.000000237. The monoisotopic (exact) mass is 962 g/mol. The standard InChI is InChI=1S/C36H51NO11.C18H28N2O/c1-19-6-11-26-31(3,40)35(43)25(17-37(26)16-19)33(42)18-34-24(32(33,41)15-27(35)38)10-9-23-30(34,2)13-12-28(36(23,44)48-34)47-29(39)20-7-8-21(45-4)22(14-20)46-5;1-4-5-12-20-13-7-6-11-16(20)18(21)19-17-14(2)9-8-10-15(17)3/h7-8,14,19,23-28,38,40-44H,6,9-13,15-18H2,1-5H3;8-10,16H,4-7,11-13H2,1-3H3,(H,19,21)/t19-,23-,24-,25-,26-,27-,28-,30-,31+,32+,33+,34+,35-,36-;/m0./s1. The van der Waals surface area contributed by atoms with Gasteiger partial charge in [-0.25, -0.2) is 4.79 Å². The zero-order chi connectivity index (χ0) is 49.7. The minimum Gasteiger partial charge on any atom is -0.493 e. The molecule has 4 heterocycles. The van der Waals surface area contributed by atoms with E-state index in [9.17, 15) is 40.2 Å². The predicted octanol–water partition coefficient (Wildman–Crippen LogP) is 5.25. The third-order valence-electron chi connectivity index (χ3n) is 19.4. The van der Waals surface area contributed by atoms with Crippen LogP contribution in [-0.2, 0) is 14.3 Å². The molecule has 4 saturated carbocycles. The number of rotatable bonds is 9. The quantitative estimate of drug-likeness (QED) is 0.160. The lowest BCUT2D eigenvalue weighted by Crippen LogP contribution is -2.85. The van der Waals surface area contributed by atoms with E-state index >= 15 is 0 Å². The van der Waals surface area contributed by atoms with Crippen LogP contribution in [0, 0.1) is 42.9 Å². The largest absolute Gasteiger partial charge is 0.493 e. The summed E-state index contributed by atoms with van der Waals surface area (Å²) in [5.74, 6) is -3.46. The SMILES string of the molecule is CCCCN1CCCCC1C(=O)Nc1c(C)cccc1C.COc1ccc(C(=O)O[C@H]2CC[C@@]3(C)[C@@H]4CC[C@H]5[C@]6(O)C[C@H](O)[C@@]7(O)[C@@H](CN8C[C@@H](C)CC[C@H]8[C@@]7(C)O)[C@]6(O)C[C@@]53O[C@]24O)cc1OC. The van der Waals surface area contributed by atoms with Crippen LogP contribution < -0.4 is 14.8 Å². The number of esters is 1. The van der Waals surface area contributed by atoms with E-state index in [-0.39, 0.29) is 36.9 Å². The number of aliphatic hydroxyl groups is 6. The Labute approximate surface area is 407 Å². The molecular weight excluding hydrogens is 883 g/mol. The average molecular weight is 962 g/mol. The number of ether oxygens (including phenoxy) is 4. The van der Waals surface area contributed by atoms with Crippen molar-refractivity contribution in [3.05, 3.63) is 53.1 Å². The summed E-state index contributed by atoms with van der Waals surface area (Å²) < 4.78 is 23.5. The van der Waals surface area contributed by atoms with E-state index in [1.54, 1.807) is 19.1 Å². The number of nitrogens with one attached hydrogen (secondary N) is 1. The number of likely N-dealkylation sites (tertiary alicyclic amines) is 1. The number of benzene rings is 2. The molecule has 15 atom stereocenters. The molecule has 7 N–H and O–H groups in total. The van der Waals surface area contributed by atoms with Crippen LogP contribution in [0.5, 0.6) is 11.5 Å². The van der Waals surface area contributed by atoms with E-state index in [0.717, 1.165) is 49.2 Å². The lowest BCUT2D eigenvalue weighted by Gasteiger charge is -2.68. The first kappa shape index (κ1) is 50.6. The number of piperidine rings is 3. The molecule has 4 saturated heterocycles. The third kappa shape index (κ3) is 7.43. The number of aliphatic hydroxyl groups excluding tert-OH is 1. The fourth-order valence-electron chi connectivity index (χ4n) is 15.7. The van der Waals surface area contributed by atoms with E-state index in [4.69, 9.17) is 18.9 Å². The molecule has 15 nitrogen and oxygen atoms in total. The molecule has 1 amide bonds. The maximum absolute atomic E-state index is 13.5. The van der Waals surface area contributed by atoms with Crippen molar-refractivity contribution >= 4 is 17.6 Å². The molecule has 15 heteroatoms. The molecule has 2 aromatic carbocycles. The van der Waals surface area contributed by atoms with Crippen LogP contribution in [0.4, 0.5) is 5.69 Å². The van der Waals surface area contributed by atoms with Crippen LogP contribution in [0.3, 0.4) is 0 Å². The fourth-order valence-corrected chi connectivity index (χ4v) is 15.7. The lowest BCUT2D eigenvalue weighted by molar-refractivity contribution is -0.354. The normalized spacial score (nSPS) is 43.2. The second-order valence-electron chi connectivity index (χ2n) is 22.9. The number of nitrogens with zero attached hydrogens (tertiary/aromatic N) is 2. The highest BCUT2D eigenvalue weighted by Crippen LogP contribution is 2.78. The highest BCUT2D eigenvalue weighted by Gasteiger charge is 2.88. The maximum Gasteiger partial charge on any atom is 0.338 e. The van der Waals surface area contributed by atoms with Crippen molar-refractivity contribution in [3.8, 4) is 11.5 Å². The molecule has 0 radical (unpaired) electrons. The second-order valence-corrected chi connectivity index (χ2v) is 22.9. The molecule has 0 aromatic heterocycles. The summed E-state index contributed by atoms with van der Waals surface area (Å²) in [6, 6.07) is 10.5. The number of aryl methyl sites for hydroxylation is 2. The summed E-state index contributed by atoms with van der Waals surface area (Å²) in [7, 11) is 2.97. The summed E-state index contributed by atoms with van der Waals surface area (Å²) >= 11 is 0. The van der Waals surface area contributed by atoms with Gasteiger partial charge >= 0.3 is 5.97 Å². The van der Waals surface area contributed by atoms with Crippen molar-refractivity contribution in [2.24, 2.45) is 29.1 Å². The number of amides is 1. The smallest absolute Gasteiger partial charge is 0.338 e. The van der Waals surface area contributed by atoms with Crippen LogP contribution in [0.1, 0.15) is 133 Å². The zero-order valence-corrected chi connectivity index (χ0v) is 42.1. The van der Waals surface area contributed by atoms with E-state index in [0.29, 0.717) is 56.1 Å². The van der Waals surface area contributed by atoms with Gasteiger partial charge in [-0.05, 0) is 127 Å². The van der Waals surface area contributed by atoms with Crippen LogP contribution >= 0.6 is 0 Å².